The van der Waals surface area contributed by atoms with Crippen molar-refractivity contribution in [2.45, 2.75) is 45.1 Å². The number of hydrogen-bond donors (Lipinski definition) is 0. The molecule has 1 saturated carbocycles. The topological polar surface area (TPSA) is 43.4 Å². The van der Waals surface area contributed by atoms with Gasteiger partial charge in [0.1, 0.15) is 12.4 Å². The summed E-state index contributed by atoms with van der Waals surface area (Å²) in [6.45, 7) is 6.05. The summed E-state index contributed by atoms with van der Waals surface area (Å²) in [5.74, 6) is -0.158. The Labute approximate surface area is 107 Å². The van der Waals surface area contributed by atoms with Crippen molar-refractivity contribution in [2.24, 2.45) is 11.3 Å². The Kier molecular flexibility index (Phi) is 2.47. The van der Waals surface area contributed by atoms with Crippen molar-refractivity contribution < 1.29 is 14.3 Å². The van der Waals surface area contributed by atoms with E-state index < -0.39 is 0 Å². The molecule has 0 amide bonds. The fourth-order valence-electron chi connectivity index (χ4n) is 3.86. The molecule has 3 nitrogen and oxygen atoms in total. The Balaban J connectivity index is 2.01. The zero-order chi connectivity index (χ0) is 12.9. The van der Waals surface area contributed by atoms with E-state index in [2.05, 4.69) is 13.5 Å². The number of carbonyl (C=O) groups is 2. The Bertz CT molecular complexity index is 474. The van der Waals surface area contributed by atoms with Crippen LogP contribution in [0.3, 0.4) is 0 Å². The molecule has 0 spiro atoms. The van der Waals surface area contributed by atoms with Crippen molar-refractivity contribution in [3.05, 3.63) is 23.3 Å². The molecule has 3 atom stereocenters. The minimum Gasteiger partial charge on any atom is -0.458 e. The average Bonchev–Trinajstić information content (AvgIpc) is 2.60. The van der Waals surface area contributed by atoms with E-state index in [0.717, 1.165) is 44.0 Å². The first kappa shape index (κ1) is 11.7. The van der Waals surface area contributed by atoms with Crippen molar-refractivity contribution in [3.8, 4) is 0 Å². The van der Waals surface area contributed by atoms with Gasteiger partial charge in [-0.3, -0.25) is 4.79 Å². The number of fused-ring (bicyclic) bond motifs is 2. The molecule has 1 saturated heterocycles. The highest BCUT2D eigenvalue weighted by Gasteiger charge is 2.50. The lowest BCUT2D eigenvalue weighted by molar-refractivity contribution is -0.140. The molecule has 2 aliphatic carbocycles. The lowest BCUT2D eigenvalue weighted by Gasteiger charge is -2.44. The van der Waals surface area contributed by atoms with Crippen LogP contribution in [-0.4, -0.2) is 18.4 Å². The smallest absolute Gasteiger partial charge is 0.334 e. The first-order valence-corrected chi connectivity index (χ1v) is 6.62. The third-order valence-electron chi connectivity index (χ3n) is 4.93. The fraction of sp³-hybridized carbons (Fsp3) is 0.600. The average molecular weight is 246 g/mol. The Morgan fingerprint density at radius 3 is 3.00 bits per heavy atom. The predicted octanol–water partition coefficient (Wildman–Crippen LogP) is 2.56. The molecule has 0 aromatic carbocycles. The Hall–Kier alpha value is -1.38. The van der Waals surface area contributed by atoms with Crippen molar-refractivity contribution in [3.63, 3.8) is 0 Å². The summed E-state index contributed by atoms with van der Waals surface area (Å²) in [5.41, 5.74) is 2.84. The van der Waals surface area contributed by atoms with E-state index in [-0.39, 0.29) is 23.4 Å². The summed E-state index contributed by atoms with van der Waals surface area (Å²) in [7, 11) is 0. The molecule has 0 aromatic rings. The third-order valence-corrected chi connectivity index (χ3v) is 4.93. The van der Waals surface area contributed by atoms with Crippen LogP contribution >= 0.6 is 0 Å². The van der Waals surface area contributed by atoms with Crippen LogP contribution in [0.5, 0.6) is 0 Å². The molecule has 96 valence electrons. The predicted molar refractivity (Wildman–Crippen MR) is 66.8 cm³/mol. The van der Waals surface area contributed by atoms with E-state index in [4.69, 9.17) is 4.74 Å². The number of hydrogen-bond acceptors (Lipinski definition) is 3. The summed E-state index contributed by atoms with van der Waals surface area (Å²) in [4.78, 5) is 22.8. The van der Waals surface area contributed by atoms with Crippen molar-refractivity contribution in [1.82, 2.24) is 0 Å². The van der Waals surface area contributed by atoms with Gasteiger partial charge in [-0.25, -0.2) is 4.79 Å². The van der Waals surface area contributed by atoms with Crippen LogP contribution in [0.4, 0.5) is 0 Å². The molecule has 3 heteroatoms. The molecular weight excluding hydrogens is 228 g/mol. The summed E-state index contributed by atoms with van der Waals surface area (Å²) in [5, 5.41) is 0. The molecule has 1 heterocycles. The fourth-order valence-corrected chi connectivity index (χ4v) is 3.86. The van der Waals surface area contributed by atoms with Crippen LogP contribution in [0.2, 0.25) is 0 Å². The zero-order valence-corrected chi connectivity index (χ0v) is 10.7. The van der Waals surface area contributed by atoms with Gasteiger partial charge in [0.15, 0.2) is 0 Å². The van der Waals surface area contributed by atoms with E-state index in [1.165, 1.54) is 5.57 Å². The van der Waals surface area contributed by atoms with Gasteiger partial charge in [0, 0.05) is 11.5 Å². The molecule has 0 bridgehead atoms. The van der Waals surface area contributed by atoms with Crippen LogP contribution in [0.1, 0.15) is 39.0 Å². The first-order chi connectivity index (χ1) is 8.55. The Morgan fingerprint density at radius 1 is 1.50 bits per heavy atom. The van der Waals surface area contributed by atoms with E-state index >= 15 is 0 Å². The molecule has 3 rings (SSSR count). The van der Waals surface area contributed by atoms with Gasteiger partial charge in [0.05, 0.1) is 0 Å². The second kappa shape index (κ2) is 3.81. The van der Waals surface area contributed by atoms with Gasteiger partial charge in [0.2, 0.25) is 0 Å². The highest BCUT2D eigenvalue weighted by molar-refractivity contribution is 5.91. The van der Waals surface area contributed by atoms with Gasteiger partial charge >= 0.3 is 5.97 Å². The highest BCUT2D eigenvalue weighted by atomic mass is 16.6. The maximum atomic E-state index is 11.6. The number of ether oxygens (including phenoxy) is 1. The molecule has 3 unspecified atom stereocenters. The number of aldehydes is 1. The highest BCUT2D eigenvalue weighted by Crippen LogP contribution is 2.54. The largest absolute Gasteiger partial charge is 0.458 e. The van der Waals surface area contributed by atoms with E-state index in [0.29, 0.717) is 5.57 Å². The van der Waals surface area contributed by atoms with E-state index in [9.17, 15) is 9.59 Å². The minimum atomic E-state index is -0.250. The number of rotatable bonds is 1. The lowest BCUT2D eigenvalue weighted by Crippen LogP contribution is -2.38. The van der Waals surface area contributed by atoms with Crippen LogP contribution in [-0.2, 0) is 14.3 Å². The van der Waals surface area contributed by atoms with Crippen molar-refractivity contribution in [1.29, 1.82) is 0 Å². The van der Waals surface area contributed by atoms with Gasteiger partial charge < -0.3 is 4.74 Å². The van der Waals surface area contributed by atoms with Crippen LogP contribution < -0.4 is 0 Å². The molecule has 2 fully saturated rings. The van der Waals surface area contributed by atoms with Crippen LogP contribution in [0.15, 0.2) is 23.3 Å². The zero-order valence-electron chi connectivity index (χ0n) is 10.7. The molecule has 0 radical (unpaired) electrons. The van der Waals surface area contributed by atoms with Crippen molar-refractivity contribution >= 4 is 12.3 Å². The lowest BCUT2D eigenvalue weighted by atomic mass is 9.60. The second-order valence-electron chi connectivity index (χ2n) is 6.02. The molecule has 18 heavy (non-hydrogen) atoms. The Morgan fingerprint density at radius 2 is 2.28 bits per heavy atom. The van der Waals surface area contributed by atoms with Crippen LogP contribution in [0, 0.1) is 11.3 Å². The van der Waals surface area contributed by atoms with E-state index in [1.54, 1.807) is 0 Å². The maximum Gasteiger partial charge on any atom is 0.334 e. The summed E-state index contributed by atoms with van der Waals surface area (Å²) < 4.78 is 5.41. The standard InChI is InChI=1S/C15H18O3/c1-9-11-6-12-10(8-16)4-3-5-15(12,2)7-13(11)18-14(9)17/h8,11,13H,1,3-7H2,2H3. The number of esters is 1. The first-order valence-electron chi connectivity index (χ1n) is 6.62. The molecule has 0 N–H and O–H groups in total. The van der Waals surface area contributed by atoms with Gasteiger partial charge in [0.25, 0.3) is 0 Å². The van der Waals surface area contributed by atoms with Gasteiger partial charge in [-0.1, -0.05) is 19.1 Å². The third kappa shape index (κ3) is 1.49. The SMILES string of the molecule is C=C1C(=O)OC2CC3(C)CCCC(C=O)=C3CC12. The second-order valence-corrected chi connectivity index (χ2v) is 6.02. The van der Waals surface area contributed by atoms with Gasteiger partial charge in [-0.05, 0) is 43.1 Å². The van der Waals surface area contributed by atoms with Crippen molar-refractivity contribution in [2.75, 3.05) is 0 Å². The molecule has 3 aliphatic rings. The maximum absolute atomic E-state index is 11.6. The summed E-state index contributed by atoms with van der Waals surface area (Å²) in [6, 6.07) is 0. The minimum absolute atomic E-state index is 0.0234. The normalized spacial score (nSPS) is 39.2. The van der Waals surface area contributed by atoms with Gasteiger partial charge in [-0.15, -0.1) is 0 Å². The number of carbonyl (C=O) groups excluding carboxylic acids is 2. The van der Waals surface area contributed by atoms with Crippen LogP contribution in [0.25, 0.3) is 0 Å². The monoisotopic (exact) mass is 246 g/mol. The molecule has 0 aromatic heterocycles. The molecule has 1 aliphatic heterocycles. The number of allylic oxidation sites excluding steroid dienone is 2. The quantitative estimate of drug-likeness (QED) is 0.406. The molecular formula is C15H18O3. The summed E-state index contributed by atoms with van der Waals surface area (Å²) in [6.07, 6.45) is 5.63. The van der Waals surface area contributed by atoms with E-state index in [1.807, 2.05) is 0 Å². The van der Waals surface area contributed by atoms with Gasteiger partial charge in [-0.2, -0.15) is 0 Å². The summed E-state index contributed by atoms with van der Waals surface area (Å²) >= 11 is 0.